The summed E-state index contributed by atoms with van der Waals surface area (Å²) in [5.74, 6) is 0.367. The lowest BCUT2D eigenvalue weighted by molar-refractivity contribution is -0.116. The molecule has 1 aliphatic heterocycles. The second-order valence-electron chi connectivity index (χ2n) is 4.63. The molecule has 0 unspecified atom stereocenters. The van der Waals surface area contributed by atoms with E-state index in [-0.39, 0.29) is 12.5 Å². The molecular formula is C15H11Cl2N3O. The van der Waals surface area contributed by atoms with Crippen molar-refractivity contribution < 1.29 is 4.79 Å². The van der Waals surface area contributed by atoms with Crippen LogP contribution in [0.1, 0.15) is 11.1 Å². The average Bonchev–Trinajstić information content (AvgIpc) is 2.58. The maximum absolute atomic E-state index is 12.0. The Morgan fingerprint density at radius 1 is 1.19 bits per heavy atom. The van der Waals surface area contributed by atoms with E-state index in [2.05, 4.69) is 9.98 Å². The molecule has 0 atom stereocenters. The van der Waals surface area contributed by atoms with E-state index in [1.807, 2.05) is 24.3 Å². The first kappa shape index (κ1) is 14.0. The lowest BCUT2D eigenvalue weighted by Crippen LogP contribution is -2.28. The molecule has 2 heterocycles. The van der Waals surface area contributed by atoms with Crippen LogP contribution in [0.15, 0.2) is 41.4 Å². The maximum atomic E-state index is 12.0. The number of nitrogens with zero attached hydrogens (tertiary/aromatic N) is 3. The summed E-state index contributed by atoms with van der Waals surface area (Å²) in [6.07, 6.45) is 0. The van der Waals surface area contributed by atoms with Gasteiger partial charge in [0, 0.05) is 23.2 Å². The minimum absolute atomic E-state index is 0.0618. The predicted octanol–water partition coefficient (Wildman–Crippen LogP) is 3.20. The summed E-state index contributed by atoms with van der Waals surface area (Å²) in [5.41, 5.74) is 2.29. The third-order valence-electron chi connectivity index (χ3n) is 3.26. The first-order valence-corrected chi connectivity index (χ1v) is 7.06. The fraction of sp³-hybridized carbons (Fsp3) is 0.133. The number of carbonyl (C=O) groups is 1. The molecule has 106 valence electrons. The molecule has 4 nitrogen and oxygen atoms in total. The zero-order valence-electron chi connectivity index (χ0n) is 11.2. The highest BCUT2D eigenvalue weighted by molar-refractivity contribution is 6.31. The van der Waals surface area contributed by atoms with E-state index in [1.54, 1.807) is 19.2 Å². The Morgan fingerprint density at radius 2 is 2.00 bits per heavy atom. The van der Waals surface area contributed by atoms with Gasteiger partial charge in [-0.2, -0.15) is 0 Å². The molecule has 0 fully saturated rings. The molecule has 0 saturated carbocycles. The van der Waals surface area contributed by atoms with Crippen LogP contribution in [0.3, 0.4) is 0 Å². The van der Waals surface area contributed by atoms with Gasteiger partial charge in [-0.1, -0.05) is 35.3 Å². The minimum atomic E-state index is -0.136. The Balaban J connectivity index is 2.22. The number of benzene rings is 1. The van der Waals surface area contributed by atoms with E-state index >= 15 is 0 Å². The van der Waals surface area contributed by atoms with E-state index in [4.69, 9.17) is 23.2 Å². The Bertz CT molecular complexity index is 758. The number of halogens is 2. The molecule has 1 aromatic carbocycles. The van der Waals surface area contributed by atoms with Crippen molar-refractivity contribution in [1.29, 1.82) is 0 Å². The highest BCUT2D eigenvalue weighted by Gasteiger charge is 2.24. The van der Waals surface area contributed by atoms with Crippen molar-refractivity contribution in [3.05, 3.63) is 57.7 Å². The Labute approximate surface area is 132 Å². The molecule has 0 aliphatic carbocycles. The standard InChI is InChI=1S/C15H11Cl2N3O/c1-20-13(21)8-18-14(9-3-2-4-10(16)7-9)11-5-6-12(17)19-15(11)20/h2-7H,8H2,1H3. The first-order valence-electron chi connectivity index (χ1n) is 6.30. The molecule has 0 radical (unpaired) electrons. The highest BCUT2D eigenvalue weighted by atomic mass is 35.5. The number of hydrogen-bond acceptors (Lipinski definition) is 3. The van der Waals surface area contributed by atoms with E-state index in [0.717, 1.165) is 11.1 Å². The molecule has 2 aromatic rings. The number of rotatable bonds is 1. The van der Waals surface area contributed by atoms with Gasteiger partial charge in [0.15, 0.2) is 0 Å². The normalized spacial score (nSPS) is 14.5. The van der Waals surface area contributed by atoms with Crippen molar-refractivity contribution in [3.8, 4) is 0 Å². The lowest BCUT2D eigenvalue weighted by atomic mass is 10.0. The Hall–Kier alpha value is -1.91. The fourth-order valence-electron chi connectivity index (χ4n) is 2.20. The second kappa shape index (κ2) is 5.47. The topological polar surface area (TPSA) is 45.6 Å². The lowest BCUT2D eigenvalue weighted by Gasteiger charge is -2.16. The molecule has 0 spiro atoms. The molecule has 1 aliphatic rings. The summed E-state index contributed by atoms with van der Waals surface area (Å²) < 4.78 is 0. The van der Waals surface area contributed by atoms with Crippen LogP contribution in [0.4, 0.5) is 5.82 Å². The van der Waals surface area contributed by atoms with Crippen molar-refractivity contribution in [1.82, 2.24) is 4.98 Å². The molecule has 3 rings (SSSR count). The van der Waals surface area contributed by atoms with E-state index in [1.165, 1.54) is 4.90 Å². The average molecular weight is 320 g/mol. The van der Waals surface area contributed by atoms with Crippen molar-refractivity contribution >= 4 is 40.6 Å². The van der Waals surface area contributed by atoms with Crippen LogP contribution in [0.5, 0.6) is 0 Å². The van der Waals surface area contributed by atoms with Gasteiger partial charge in [0.25, 0.3) is 0 Å². The smallest absolute Gasteiger partial charge is 0.249 e. The second-order valence-corrected chi connectivity index (χ2v) is 5.46. The van der Waals surface area contributed by atoms with Crippen LogP contribution < -0.4 is 4.90 Å². The molecule has 0 N–H and O–H groups in total. The number of fused-ring (bicyclic) bond motifs is 1. The minimum Gasteiger partial charge on any atom is -0.298 e. The molecule has 1 aromatic heterocycles. The summed E-state index contributed by atoms with van der Waals surface area (Å²) >= 11 is 12.0. The van der Waals surface area contributed by atoms with Crippen LogP contribution >= 0.6 is 23.2 Å². The molecule has 0 bridgehead atoms. The van der Waals surface area contributed by atoms with Crippen molar-refractivity contribution in [3.63, 3.8) is 0 Å². The number of amides is 1. The molecule has 6 heteroatoms. The third kappa shape index (κ3) is 2.64. The van der Waals surface area contributed by atoms with Gasteiger partial charge in [0.2, 0.25) is 5.91 Å². The number of anilines is 1. The molecule has 0 saturated heterocycles. The van der Waals surface area contributed by atoms with E-state index in [9.17, 15) is 4.79 Å². The van der Waals surface area contributed by atoms with Gasteiger partial charge >= 0.3 is 0 Å². The van der Waals surface area contributed by atoms with Crippen LogP contribution in [0, 0.1) is 0 Å². The van der Waals surface area contributed by atoms with Crippen LogP contribution in [-0.4, -0.2) is 30.2 Å². The number of aliphatic imine (C=N–C) groups is 1. The van der Waals surface area contributed by atoms with E-state index < -0.39 is 0 Å². The monoisotopic (exact) mass is 319 g/mol. The third-order valence-corrected chi connectivity index (χ3v) is 3.70. The summed E-state index contributed by atoms with van der Waals surface area (Å²) in [6.45, 7) is 0.0618. The Kier molecular flexibility index (Phi) is 3.66. The van der Waals surface area contributed by atoms with Gasteiger partial charge in [-0.25, -0.2) is 4.98 Å². The van der Waals surface area contributed by atoms with Crippen LogP contribution in [0.25, 0.3) is 0 Å². The first-order chi connectivity index (χ1) is 10.1. The van der Waals surface area contributed by atoms with Crippen molar-refractivity contribution in [2.75, 3.05) is 18.5 Å². The quantitative estimate of drug-likeness (QED) is 0.758. The number of pyridine rings is 1. The van der Waals surface area contributed by atoms with Crippen molar-refractivity contribution in [2.24, 2.45) is 4.99 Å². The van der Waals surface area contributed by atoms with E-state index in [0.29, 0.717) is 21.7 Å². The number of hydrogen-bond donors (Lipinski definition) is 0. The molecule has 1 amide bonds. The fourth-order valence-corrected chi connectivity index (χ4v) is 2.54. The summed E-state index contributed by atoms with van der Waals surface area (Å²) in [7, 11) is 1.67. The molecular weight excluding hydrogens is 309 g/mol. The van der Waals surface area contributed by atoms with Gasteiger partial charge in [0.05, 0.1) is 5.71 Å². The number of likely N-dealkylation sites (N-methyl/N-ethyl adjacent to an activating group) is 1. The zero-order valence-corrected chi connectivity index (χ0v) is 12.7. The van der Waals surface area contributed by atoms with Crippen LogP contribution in [-0.2, 0) is 4.79 Å². The Morgan fingerprint density at radius 3 is 2.76 bits per heavy atom. The van der Waals surface area contributed by atoms with Gasteiger partial charge in [-0.3, -0.25) is 14.7 Å². The van der Waals surface area contributed by atoms with Crippen LogP contribution in [0.2, 0.25) is 10.2 Å². The predicted molar refractivity (Wildman–Crippen MR) is 84.6 cm³/mol. The summed E-state index contributed by atoms with van der Waals surface area (Å²) in [4.78, 5) is 22.2. The van der Waals surface area contributed by atoms with Crippen molar-refractivity contribution in [2.45, 2.75) is 0 Å². The van der Waals surface area contributed by atoms with Gasteiger partial charge in [-0.05, 0) is 24.3 Å². The maximum Gasteiger partial charge on any atom is 0.249 e. The summed E-state index contributed by atoms with van der Waals surface area (Å²) in [6, 6.07) is 10.9. The largest absolute Gasteiger partial charge is 0.298 e. The van der Waals surface area contributed by atoms with Gasteiger partial charge in [0.1, 0.15) is 17.5 Å². The summed E-state index contributed by atoms with van der Waals surface area (Å²) in [5, 5.41) is 0.948. The van der Waals surface area contributed by atoms with Gasteiger partial charge in [-0.15, -0.1) is 0 Å². The van der Waals surface area contributed by atoms with Gasteiger partial charge < -0.3 is 0 Å². The highest BCUT2D eigenvalue weighted by Crippen LogP contribution is 2.26. The number of carbonyl (C=O) groups excluding carboxylic acids is 1. The zero-order chi connectivity index (χ0) is 15.0. The molecule has 21 heavy (non-hydrogen) atoms. The number of aromatic nitrogens is 1. The SMILES string of the molecule is CN1C(=O)CN=C(c2cccc(Cl)c2)c2ccc(Cl)nc21.